The van der Waals surface area contributed by atoms with E-state index >= 15 is 0 Å². The fourth-order valence-corrected chi connectivity index (χ4v) is 1.71. The molecule has 0 N–H and O–H groups in total. The molecule has 0 aromatic heterocycles. The Bertz CT molecular complexity index is 333. The van der Waals surface area contributed by atoms with Crippen LogP contribution in [0.4, 0.5) is 0 Å². The van der Waals surface area contributed by atoms with Crippen LogP contribution in [0.25, 0.3) is 0 Å². The van der Waals surface area contributed by atoms with Crippen LogP contribution in [-0.4, -0.2) is 41.1 Å². The normalized spacial score (nSPS) is 15.1. The minimum Gasteiger partial charge on any atom is -0.612 e. The number of carbonyl (C=O) groups excluding carboxylic acids is 2. The van der Waals surface area contributed by atoms with Crippen molar-refractivity contribution in [2.75, 3.05) is 18.5 Å². The van der Waals surface area contributed by atoms with Crippen molar-refractivity contribution >= 4 is 23.1 Å². The molecule has 6 nitrogen and oxygen atoms in total. The summed E-state index contributed by atoms with van der Waals surface area (Å²) in [5.74, 6) is -1.01. The molecule has 0 amide bonds. The molecule has 0 aliphatic rings. The van der Waals surface area contributed by atoms with Crippen LogP contribution < -0.4 is 0 Å². The first-order chi connectivity index (χ1) is 9.84. The Morgan fingerprint density at radius 2 is 1.41 bits per heavy atom. The van der Waals surface area contributed by atoms with E-state index < -0.39 is 28.0 Å². The van der Waals surface area contributed by atoms with E-state index in [9.17, 15) is 14.1 Å². The Balaban J connectivity index is 3.93. The molecule has 2 atom stereocenters. The lowest BCUT2D eigenvalue weighted by molar-refractivity contribution is -0.156. The quantitative estimate of drug-likeness (QED) is 0.523. The maximum absolute atomic E-state index is 11.7. The highest BCUT2D eigenvalue weighted by atomic mass is 32.2. The molecule has 0 aromatic carbocycles. The summed E-state index contributed by atoms with van der Waals surface area (Å²) in [6.45, 7) is 12.3. The van der Waals surface area contributed by atoms with Gasteiger partial charge in [0.15, 0.2) is 0 Å². The van der Waals surface area contributed by atoms with E-state index in [4.69, 9.17) is 14.2 Å². The minimum atomic E-state index is -1.43. The van der Waals surface area contributed by atoms with E-state index in [-0.39, 0.29) is 30.6 Å². The molecular weight excluding hydrogens is 308 g/mol. The van der Waals surface area contributed by atoms with Crippen molar-refractivity contribution in [3.8, 4) is 0 Å². The minimum absolute atomic E-state index is 0.0777. The molecule has 0 rings (SSSR count). The number of esters is 2. The van der Waals surface area contributed by atoms with Gasteiger partial charge in [-0.05, 0) is 48.5 Å². The van der Waals surface area contributed by atoms with Crippen molar-refractivity contribution in [3.05, 3.63) is 0 Å². The molecule has 0 saturated carbocycles. The summed E-state index contributed by atoms with van der Waals surface area (Å²) >= 11 is -1.43. The predicted molar refractivity (Wildman–Crippen MR) is 84.4 cm³/mol. The SMILES string of the molecule is CC(COC(=O)C(C)(C)C)OC[S+]([O-])COC(=O)C(C)(C)C. The van der Waals surface area contributed by atoms with Crippen molar-refractivity contribution in [1.82, 2.24) is 0 Å². The third-order valence-electron chi connectivity index (χ3n) is 2.48. The van der Waals surface area contributed by atoms with Gasteiger partial charge in [-0.3, -0.25) is 9.59 Å². The average molecular weight is 336 g/mol. The third kappa shape index (κ3) is 9.27. The molecule has 22 heavy (non-hydrogen) atoms. The van der Waals surface area contributed by atoms with Crippen molar-refractivity contribution in [1.29, 1.82) is 0 Å². The van der Waals surface area contributed by atoms with Crippen LogP contribution in [-0.2, 0) is 35.0 Å². The van der Waals surface area contributed by atoms with Gasteiger partial charge < -0.3 is 18.8 Å². The van der Waals surface area contributed by atoms with Gasteiger partial charge in [0, 0.05) is 11.2 Å². The Labute approximate surface area is 136 Å². The highest BCUT2D eigenvalue weighted by Gasteiger charge is 2.26. The van der Waals surface area contributed by atoms with E-state index in [2.05, 4.69) is 0 Å². The molecule has 0 fully saturated rings. The van der Waals surface area contributed by atoms with Gasteiger partial charge in [-0.25, -0.2) is 0 Å². The molecule has 0 aliphatic carbocycles. The Morgan fingerprint density at radius 3 is 1.86 bits per heavy atom. The molecule has 0 radical (unpaired) electrons. The van der Waals surface area contributed by atoms with Crippen LogP contribution in [0.2, 0.25) is 0 Å². The molecule has 0 aliphatic heterocycles. The molecule has 0 spiro atoms. The summed E-state index contributed by atoms with van der Waals surface area (Å²) in [6, 6.07) is 0. The zero-order valence-corrected chi connectivity index (χ0v) is 15.4. The standard InChI is InChI=1S/C15H28O6S/c1-11(8-19-12(16)14(2,3)4)20-9-22(18)10-21-13(17)15(5,6)7/h11H,8-10H2,1-7H3. The smallest absolute Gasteiger partial charge is 0.314 e. The monoisotopic (exact) mass is 336 g/mol. The van der Waals surface area contributed by atoms with Crippen molar-refractivity contribution in [3.63, 3.8) is 0 Å². The van der Waals surface area contributed by atoms with Gasteiger partial charge in [0.1, 0.15) is 6.61 Å². The summed E-state index contributed by atoms with van der Waals surface area (Å²) in [6.07, 6.45) is -0.381. The molecule has 0 bridgehead atoms. The van der Waals surface area contributed by atoms with Crippen LogP contribution in [0.1, 0.15) is 48.5 Å². The third-order valence-corrected chi connectivity index (χ3v) is 3.26. The van der Waals surface area contributed by atoms with Crippen molar-refractivity contribution < 1.29 is 28.4 Å². The van der Waals surface area contributed by atoms with Gasteiger partial charge in [-0.1, -0.05) is 0 Å². The number of hydrogen-bond acceptors (Lipinski definition) is 6. The van der Waals surface area contributed by atoms with Gasteiger partial charge in [0.2, 0.25) is 11.9 Å². The number of ether oxygens (including phenoxy) is 3. The zero-order valence-electron chi connectivity index (χ0n) is 14.6. The lowest BCUT2D eigenvalue weighted by Gasteiger charge is -2.20. The predicted octanol–water partition coefficient (Wildman–Crippen LogP) is 2.23. The van der Waals surface area contributed by atoms with Crippen LogP contribution >= 0.6 is 0 Å². The van der Waals surface area contributed by atoms with Gasteiger partial charge >= 0.3 is 11.9 Å². The Morgan fingerprint density at radius 1 is 0.955 bits per heavy atom. The highest BCUT2D eigenvalue weighted by Crippen LogP contribution is 2.16. The van der Waals surface area contributed by atoms with Gasteiger partial charge in [0.05, 0.1) is 16.9 Å². The van der Waals surface area contributed by atoms with Crippen molar-refractivity contribution in [2.24, 2.45) is 10.8 Å². The maximum Gasteiger partial charge on any atom is 0.314 e. The van der Waals surface area contributed by atoms with Gasteiger partial charge in [0.25, 0.3) is 0 Å². The van der Waals surface area contributed by atoms with Crippen LogP contribution in [0.15, 0.2) is 0 Å². The van der Waals surface area contributed by atoms with E-state index in [1.54, 1.807) is 48.5 Å². The Kier molecular flexibility index (Phi) is 8.43. The molecule has 0 aromatic rings. The van der Waals surface area contributed by atoms with Gasteiger partial charge in [-0.2, -0.15) is 0 Å². The first-order valence-electron chi connectivity index (χ1n) is 7.15. The van der Waals surface area contributed by atoms with Crippen LogP contribution in [0.3, 0.4) is 0 Å². The maximum atomic E-state index is 11.7. The molecule has 0 heterocycles. The molecule has 0 saturated heterocycles. The molecule has 130 valence electrons. The summed E-state index contributed by atoms with van der Waals surface area (Å²) in [5.41, 5.74) is -1.19. The molecular formula is C15H28O6S. The van der Waals surface area contributed by atoms with E-state index in [1.165, 1.54) is 0 Å². The highest BCUT2D eigenvalue weighted by molar-refractivity contribution is 7.91. The molecule has 2 unspecified atom stereocenters. The van der Waals surface area contributed by atoms with Gasteiger partial charge in [-0.15, -0.1) is 0 Å². The second kappa shape index (κ2) is 8.74. The Hall–Kier alpha value is -0.790. The zero-order chi connectivity index (χ0) is 17.6. The molecule has 7 heteroatoms. The summed E-state index contributed by atoms with van der Waals surface area (Å²) in [4.78, 5) is 23.1. The second-order valence-electron chi connectivity index (χ2n) is 7.18. The first-order valence-corrected chi connectivity index (χ1v) is 8.64. The summed E-state index contributed by atoms with van der Waals surface area (Å²) in [7, 11) is 0. The fraction of sp³-hybridized carbons (Fsp3) is 0.867. The summed E-state index contributed by atoms with van der Waals surface area (Å²) in [5, 5.41) is 0. The van der Waals surface area contributed by atoms with E-state index in [0.717, 1.165) is 0 Å². The number of hydrogen-bond donors (Lipinski definition) is 0. The average Bonchev–Trinajstić information content (AvgIpc) is 2.37. The van der Waals surface area contributed by atoms with Crippen molar-refractivity contribution in [2.45, 2.75) is 54.6 Å². The lowest BCUT2D eigenvalue weighted by atomic mass is 9.97. The van der Waals surface area contributed by atoms with Crippen LogP contribution in [0, 0.1) is 10.8 Å². The number of rotatable bonds is 7. The van der Waals surface area contributed by atoms with E-state index in [0.29, 0.717) is 0 Å². The largest absolute Gasteiger partial charge is 0.612 e. The lowest BCUT2D eigenvalue weighted by Crippen LogP contribution is -2.30. The van der Waals surface area contributed by atoms with Crippen LogP contribution in [0.5, 0.6) is 0 Å². The number of carbonyl (C=O) groups is 2. The second-order valence-corrected chi connectivity index (χ2v) is 8.53. The first kappa shape index (κ1) is 21.2. The fourth-order valence-electron chi connectivity index (χ4n) is 1.02. The summed E-state index contributed by atoms with van der Waals surface area (Å²) < 4.78 is 27.0. The topological polar surface area (TPSA) is 84.9 Å². The van der Waals surface area contributed by atoms with E-state index in [1.807, 2.05) is 0 Å².